The fraction of sp³-hybridized carbons (Fsp3) is 0.796. The second-order valence-corrected chi connectivity index (χ2v) is 19.5. The number of aliphatic carboxylic acids is 1. The maximum Gasteiger partial charge on any atom is 0.472 e. The Bertz CT molecular complexity index is 1300. The third kappa shape index (κ3) is 47.9. The number of carboxylic acid groups (broad SMARTS) is 1. The van der Waals surface area contributed by atoms with Gasteiger partial charge < -0.3 is 25.2 Å². The van der Waals surface area contributed by atoms with Crippen molar-refractivity contribution in [1.82, 2.24) is 5.32 Å². The van der Waals surface area contributed by atoms with Crippen molar-refractivity contribution in [2.45, 2.75) is 257 Å². The highest BCUT2D eigenvalue weighted by molar-refractivity contribution is 7.47. The Balaban J connectivity index is 3.82. The number of carbonyl (C=O) groups excluding carboxylic acids is 2. The Kier molecular flexibility index (Phi) is 47.0. The SMILES string of the molecule is CCCCC/C=C\C/C=C\C/C=C\CCCCCCCCCCCCC(=O)NC(COP(=O)(O)OCC(O)COC(=O)CCCCCCCCCCC/C=C/CCCCCCCC)C(=O)O. The van der Waals surface area contributed by atoms with Crippen LogP contribution >= 0.6 is 7.82 Å². The number of carbonyl (C=O) groups is 3. The number of hydrogen-bond donors (Lipinski definition) is 4. The zero-order valence-corrected chi connectivity index (χ0v) is 42.9. The quantitative estimate of drug-likeness (QED) is 0.0199. The van der Waals surface area contributed by atoms with Gasteiger partial charge in [0.25, 0.3) is 0 Å². The highest BCUT2D eigenvalue weighted by Crippen LogP contribution is 2.43. The van der Waals surface area contributed by atoms with Gasteiger partial charge in [-0.15, -0.1) is 0 Å². The minimum Gasteiger partial charge on any atom is -0.480 e. The Hall–Kier alpha value is -2.56. The summed E-state index contributed by atoms with van der Waals surface area (Å²) >= 11 is 0. The predicted molar refractivity (Wildman–Crippen MR) is 272 cm³/mol. The van der Waals surface area contributed by atoms with Crippen LogP contribution in [0.2, 0.25) is 0 Å². The molecule has 11 nitrogen and oxygen atoms in total. The zero-order valence-electron chi connectivity index (χ0n) is 42.0. The first-order valence-electron chi connectivity index (χ1n) is 26.7. The summed E-state index contributed by atoms with van der Waals surface area (Å²) in [6, 6.07) is -1.55. The summed E-state index contributed by atoms with van der Waals surface area (Å²) in [5.74, 6) is -2.37. The second kappa shape index (κ2) is 48.9. The lowest BCUT2D eigenvalue weighted by atomic mass is 10.0. The van der Waals surface area contributed by atoms with Gasteiger partial charge in [-0.05, 0) is 77.0 Å². The molecule has 4 N–H and O–H groups in total. The fourth-order valence-corrected chi connectivity index (χ4v) is 8.21. The number of unbranched alkanes of at least 4 members (excludes halogenated alkanes) is 28. The average molecular weight is 952 g/mol. The molecule has 0 radical (unpaired) electrons. The van der Waals surface area contributed by atoms with Gasteiger partial charge in [-0.3, -0.25) is 18.6 Å². The van der Waals surface area contributed by atoms with Crippen LogP contribution in [0.1, 0.15) is 245 Å². The molecular formula is C54H98NO10P. The summed E-state index contributed by atoms with van der Waals surface area (Å²) in [5.41, 5.74) is 0. The monoisotopic (exact) mass is 952 g/mol. The van der Waals surface area contributed by atoms with Crippen molar-refractivity contribution in [2.24, 2.45) is 0 Å². The van der Waals surface area contributed by atoms with E-state index in [1.807, 2.05) is 0 Å². The molecule has 0 aromatic heterocycles. The minimum atomic E-state index is -4.77. The number of carboxylic acids is 1. The lowest BCUT2D eigenvalue weighted by Gasteiger charge is -2.18. The maximum absolute atomic E-state index is 12.4. The Morgan fingerprint density at radius 2 is 0.833 bits per heavy atom. The number of rotatable bonds is 50. The van der Waals surface area contributed by atoms with E-state index in [0.29, 0.717) is 12.8 Å². The number of nitrogens with one attached hydrogen (secondary N) is 1. The number of aliphatic hydroxyl groups is 1. The van der Waals surface area contributed by atoms with Crippen molar-refractivity contribution >= 4 is 25.7 Å². The molecule has 0 aromatic rings. The van der Waals surface area contributed by atoms with Crippen LogP contribution in [0, 0.1) is 0 Å². The van der Waals surface area contributed by atoms with Gasteiger partial charge in [-0.25, -0.2) is 9.36 Å². The second-order valence-electron chi connectivity index (χ2n) is 18.1. The van der Waals surface area contributed by atoms with E-state index in [-0.39, 0.29) is 12.8 Å². The van der Waals surface area contributed by atoms with Gasteiger partial charge in [-0.2, -0.15) is 0 Å². The zero-order chi connectivity index (χ0) is 48.4. The number of esters is 1. The summed E-state index contributed by atoms with van der Waals surface area (Å²) in [6.07, 6.45) is 57.0. The first-order valence-corrected chi connectivity index (χ1v) is 28.2. The topological polar surface area (TPSA) is 169 Å². The molecule has 0 bridgehead atoms. The molecule has 384 valence electrons. The van der Waals surface area contributed by atoms with E-state index in [2.05, 4.69) is 67.8 Å². The molecule has 1 amide bonds. The summed E-state index contributed by atoms with van der Waals surface area (Å²) < 4.78 is 27.0. The Morgan fingerprint density at radius 1 is 0.485 bits per heavy atom. The number of amides is 1. The molecule has 12 heteroatoms. The van der Waals surface area contributed by atoms with Gasteiger partial charge in [0.15, 0.2) is 6.04 Å². The van der Waals surface area contributed by atoms with E-state index in [1.54, 1.807) is 0 Å². The largest absolute Gasteiger partial charge is 0.480 e. The molecule has 0 fully saturated rings. The van der Waals surface area contributed by atoms with E-state index >= 15 is 0 Å². The molecule has 0 heterocycles. The standard InChI is InChI=1S/C54H98NO10P/c1-3-5-7-9-11-13-15-17-19-21-23-24-25-26-28-29-31-33-35-37-39-41-43-45-52(57)55-51(54(59)60)49-65-66(61,62)64-48-50(56)47-63-53(58)46-44-42-40-38-36-34-32-30-27-22-20-18-16-14-12-10-8-6-4-2/h11,13,17-20,23-24,50-51,56H,3-10,12,14-16,21-22,25-49H2,1-2H3,(H,55,57)(H,59,60)(H,61,62)/b13-11-,19-17-,20-18+,24-23-. The van der Waals surface area contributed by atoms with E-state index < -0.39 is 57.6 Å². The fourth-order valence-electron chi connectivity index (χ4n) is 7.44. The van der Waals surface area contributed by atoms with Gasteiger partial charge in [-0.1, -0.05) is 204 Å². The van der Waals surface area contributed by atoms with E-state index in [4.69, 9.17) is 13.8 Å². The van der Waals surface area contributed by atoms with Crippen molar-refractivity contribution in [2.75, 3.05) is 19.8 Å². The summed E-state index contributed by atoms with van der Waals surface area (Å²) in [5, 5.41) is 21.9. The molecule has 0 aromatic carbocycles. The molecule has 3 unspecified atom stereocenters. The van der Waals surface area contributed by atoms with Crippen molar-refractivity contribution in [3.63, 3.8) is 0 Å². The lowest BCUT2D eigenvalue weighted by Crippen LogP contribution is -2.43. The van der Waals surface area contributed by atoms with Crippen molar-refractivity contribution in [3.8, 4) is 0 Å². The van der Waals surface area contributed by atoms with Gasteiger partial charge in [0, 0.05) is 12.8 Å². The molecule has 0 aliphatic heterocycles. The van der Waals surface area contributed by atoms with Crippen molar-refractivity contribution < 1.29 is 47.8 Å². The van der Waals surface area contributed by atoms with Crippen LogP contribution in [0.25, 0.3) is 0 Å². The molecule has 0 saturated heterocycles. The van der Waals surface area contributed by atoms with Gasteiger partial charge >= 0.3 is 19.8 Å². The number of ether oxygens (including phenoxy) is 1. The van der Waals surface area contributed by atoms with Gasteiger partial charge in [0.1, 0.15) is 12.7 Å². The van der Waals surface area contributed by atoms with E-state index in [9.17, 15) is 34.1 Å². The van der Waals surface area contributed by atoms with Crippen LogP contribution < -0.4 is 5.32 Å². The van der Waals surface area contributed by atoms with Crippen LogP contribution in [-0.2, 0) is 32.7 Å². The van der Waals surface area contributed by atoms with Crippen LogP contribution in [0.4, 0.5) is 0 Å². The van der Waals surface area contributed by atoms with Crippen LogP contribution in [-0.4, -0.2) is 64.9 Å². The average Bonchev–Trinajstić information content (AvgIpc) is 3.29. The first kappa shape index (κ1) is 63.4. The number of allylic oxidation sites excluding steroid dienone is 8. The normalized spacial score (nSPS) is 13.9. The van der Waals surface area contributed by atoms with E-state index in [0.717, 1.165) is 64.2 Å². The lowest BCUT2D eigenvalue weighted by molar-refractivity contribution is -0.147. The van der Waals surface area contributed by atoms with Gasteiger partial charge in [0.05, 0.1) is 13.2 Å². The molecule has 0 saturated carbocycles. The number of hydrogen-bond acceptors (Lipinski definition) is 8. The summed E-state index contributed by atoms with van der Waals surface area (Å²) in [4.78, 5) is 46.2. The third-order valence-corrected chi connectivity index (χ3v) is 12.5. The molecule has 0 aliphatic rings. The Labute approximate surface area is 403 Å². The molecule has 3 atom stereocenters. The molecule has 0 spiro atoms. The van der Waals surface area contributed by atoms with E-state index in [1.165, 1.54) is 141 Å². The third-order valence-electron chi connectivity index (χ3n) is 11.6. The maximum atomic E-state index is 12.4. The highest BCUT2D eigenvalue weighted by atomic mass is 31.2. The van der Waals surface area contributed by atoms with Crippen molar-refractivity contribution in [3.05, 3.63) is 48.6 Å². The van der Waals surface area contributed by atoms with Crippen LogP contribution in [0.3, 0.4) is 0 Å². The number of phosphoric acid groups is 1. The number of aliphatic hydroxyl groups excluding tert-OH is 1. The summed E-state index contributed by atoms with van der Waals surface area (Å²) in [6.45, 7) is 2.59. The van der Waals surface area contributed by atoms with Gasteiger partial charge in [0.2, 0.25) is 5.91 Å². The van der Waals surface area contributed by atoms with Crippen molar-refractivity contribution in [1.29, 1.82) is 0 Å². The molecule has 66 heavy (non-hydrogen) atoms. The molecule has 0 rings (SSSR count). The number of phosphoric ester groups is 1. The van der Waals surface area contributed by atoms with Crippen LogP contribution in [0.5, 0.6) is 0 Å². The molecular weight excluding hydrogens is 854 g/mol. The smallest absolute Gasteiger partial charge is 0.472 e. The highest BCUT2D eigenvalue weighted by Gasteiger charge is 2.28. The summed E-state index contributed by atoms with van der Waals surface area (Å²) in [7, 11) is -4.77. The predicted octanol–water partition coefficient (Wildman–Crippen LogP) is 14.9. The molecule has 0 aliphatic carbocycles. The Morgan fingerprint density at radius 3 is 1.29 bits per heavy atom. The minimum absolute atomic E-state index is 0.140. The first-order chi connectivity index (χ1) is 32.1. The van der Waals surface area contributed by atoms with Crippen LogP contribution in [0.15, 0.2) is 48.6 Å².